The topological polar surface area (TPSA) is 143 Å². The largest absolute Gasteiger partial charge is 0.311 e. The van der Waals surface area contributed by atoms with Gasteiger partial charge in [-0.1, -0.05) is 0 Å². The van der Waals surface area contributed by atoms with Gasteiger partial charge in [-0.2, -0.15) is 16.8 Å². The minimum Gasteiger partial charge on any atom is -0.280 e. The van der Waals surface area contributed by atoms with Crippen LogP contribution in [-0.2, 0) is 39.6 Å². The van der Waals surface area contributed by atoms with Crippen LogP contribution in [0.1, 0.15) is 13.8 Å². The fourth-order valence-corrected chi connectivity index (χ4v) is 2.47. The van der Waals surface area contributed by atoms with Gasteiger partial charge in [0, 0.05) is 26.9 Å². The van der Waals surface area contributed by atoms with E-state index in [4.69, 9.17) is 0 Å². The Labute approximate surface area is 136 Å². The fourth-order valence-electron chi connectivity index (χ4n) is 1.57. The molecule has 138 valence electrons. The highest BCUT2D eigenvalue weighted by Gasteiger charge is 2.28. The predicted molar refractivity (Wildman–Crippen MR) is 74.6 cm³/mol. The van der Waals surface area contributed by atoms with Crippen LogP contribution in [0.2, 0.25) is 0 Å². The third-order valence-electron chi connectivity index (χ3n) is 2.50. The van der Waals surface area contributed by atoms with Crippen molar-refractivity contribution >= 4 is 44.1 Å². The van der Waals surface area contributed by atoms with Crippen LogP contribution >= 0.6 is 0 Å². The lowest BCUT2D eigenvalue weighted by atomic mass is 10.4. The first-order valence-electron chi connectivity index (χ1n) is 6.10. The van der Waals surface area contributed by atoms with Gasteiger partial charge in [0.1, 0.15) is 0 Å². The van der Waals surface area contributed by atoms with Gasteiger partial charge in [0.15, 0.2) is 11.5 Å². The second kappa shape index (κ2) is 8.23. The fraction of sp³-hybridized carbons (Fsp3) is 0.600. The van der Waals surface area contributed by atoms with Crippen LogP contribution < -0.4 is 0 Å². The first kappa shape index (κ1) is 22.0. The van der Waals surface area contributed by atoms with Gasteiger partial charge in [0.25, 0.3) is 0 Å². The number of hydrogen-bond acceptors (Lipinski definition) is 8. The summed E-state index contributed by atoms with van der Waals surface area (Å²) < 4.78 is 66.7. The van der Waals surface area contributed by atoms with Crippen molar-refractivity contribution in [1.82, 2.24) is 9.80 Å². The third-order valence-corrected chi connectivity index (χ3v) is 3.68. The molecule has 4 amide bonds. The van der Waals surface area contributed by atoms with Crippen LogP contribution in [0.3, 0.4) is 0 Å². The van der Waals surface area contributed by atoms with Gasteiger partial charge in [0.05, 0.1) is 0 Å². The maximum absolute atomic E-state index is 12.5. The summed E-state index contributed by atoms with van der Waals surface area (Å²) in [5, 5.41) is 0. The molecule has 0 atom stereocenters. The molecule has 0 spiro atoms. The van der Waals surface area contributed by atoms with E-state index >= 15 is 0 Å². The maximum atomic E-state index is 12.5. The monoisotopic (exact) mass is 392 g/mol. The normalized spacial score (nSPS) is 11.7. The van der Waals surface area contributed by atoms with E-state index in [1.165, 1.54) is 0 Å². The Morgan fingerprint density at radius 2 is 0.958 bits per heavy atom. The molecule has 10 nitrogen and oxygen atoms in total. The van der Waals surface area contributed by atoms with Gasteiger partial charge >= 0.3 is 20.4 Å². The number of hydrogen-bond donors (Lipinski definition) is 0. The molecule has 14 heteroatoms. The lowest BCUT2D eigenvalue weighted by Crippen LogP contribution is -2.47. The molecule has 0 saturated carbocycles. The van der Waals surface area contributed by atoms with Gasteiger partial charge in [-0.3, -0.25) is 29.0 Å². The van der Waals surface area contributed by atoms with Crippen molar-refractivity contribution in [3.63, 3.8) is 0 Å². The molecule has 0 radical (unpaired) electrons. The number of rotatable bonds is 7. The van der Waals surface area contributed by atoms with Crippen LogP contribution in [0, 0.1) is 0 Å². The Morgan fingerprint density at radius 3 is 1.12 bits per heavy atom. The van der Waals surface area contributed by atoms with E-state index < -0.39 is 68.7 Å². The lowest BCUT2D eigenvalue weighted by Gasteiger charge is -2.23. The van der Waals surface area contributed by atoms with Gasteiger partial charge in [-0.05, 0) is 0 Å². The predicted octanol–water partition coefficient (Wildman–Crippen LogP) is -1.66. The number of nitrogens with zero attached hydrogens (tertiary/aromatic N) is 2. The molecule has 0 fully saturated rings. The third kappa shape index (κ3) is 8.61. The number of halogens is 2. The zero-order chi connectivity index (χ0) is 19.3. The van der Waals surface area contributed by atoms with Crippen molar-refractivity contribution in [2.75, 3.05) is 24.6 Å². The minimum absolute atomic E-state index is 0.254. The van der Waals surface area contributed by atoms with Crippen LogP contribution in [0.4, 0.5) is 7.77 Å². The molecular formula is C10H14F2N2O8S2. The van der Waals surface area contributed by atoms with E-state index in [0.717, 1.165) is 13.8 Å². The van der Waals surface area contributed by atoms with Crippen molar-refractivity contribution in [1.29, 1.82) is 0 Å². The second-order valence-corrected chi connectivity index (χ2v) is 7.23. The number of carbonyl (C=O) groups is 4. The minimum atomic E-state index is -5.22. The first-order chi connectivity index (χ1) is 10.6. The summed E-state index contributed by atoms with van der Waals surface area (Å²) in [4.78, 5) is 46.1. The van der Waals surface area contributed by atoms with Crippen molar-refractivity contribution in [3.05, 3.63) is 0 Å². The van der Waals surface area contributed by atoms with Gasteiger partial charge < -0.3 is 0 Å². The highest BCUT2D eigenvalue weighted by Crippen LogP contribution is 2.02. The summed E-state index contributed by atoms with van der Waals surface area (Å²) in [6.07, 6.45) is 0. The highest BCUT2D eigenvalue weighted by molar-refractivity contribution is 7.87. The highest BCUT2D eigenvalue weighted by atomic mass is 32.3. The number of imide groups is 2. The number of carbonyl (C=O) groups excluding carboxylic acids is 4. The molecule has 0 aliphatic heterocycles. The Balaban J connectivity index is 5.16. The first-order valence-corrected chi connectivity index (χ1v) is 9.21. The molecule has 0 aromatic rings. The quantitative estimate of drug-likeness (QED) is 0.468. The van der Waals surface area contributed by atoms with E-state index in [-0.39, 0.29) is 9.80 Å². The van der Waals surface area contributed by atoms with Crippen molar-refractivity contribution < 1.29 is 43.8 Å². The van der Waals surface area contributed by atoms with Crippen LogP contribution in [0.25, 0.3) is 0 Å². The SMILES string of the molecule is CC(=O)N(CCN(C(C)=O)C(=O)CS(=O)(=O)F)C(=O)CS(=O)(=O)F. The Bertz CT molecular complexity index is 683. The molecule has 0 aliphatic rings. The summed E-state index contributed by atoms with van der Waals surface area (Å²) in [6, 6.07) is 0. The number of amides is 4. The Morgan fingerprint density at radius 1 is 0.708 bits per heavy atom. The van der Waals surface area contributed by atoms with Crippen LogP contribution in [-0.4, -0.2) is 74.9 Å². The van der Waals surface area contributed by atoms with Crippen molar-refractivity contribution in [2.45, 2.75) is 13.8 Å². The average molecular weight is 392 g/mol. The molecule has 0 aromatic heterocycles. The summed E-state index contributed by atoms with van der Waals surface area (Å²) in [7, 11) is -10.4. The van der Waals surface area contributed by atoms with Gasteiger partial charge in [0.2, 0.25) is 23.6 Å². The molecule has 24 heavy (non-hydrogen) atoms. The van der Waals surface area contributed by atoms with Gasteiger partial charge in [-0.25, -0.2) is 0 Å². The van der Waals surface area contributed by atoms with Crippen LogP contribution in [0.15, 0.2) is 0 Å². The van der Waals surface area contributed by atoms with E-state index in [0.29, 0.717) is 0 Å². The molecule has 0 heterocycles. The Hall–Kier alpha value is -1.96. The molecule has 0 aromatic carbocycles. The maximum Gasteiger partial charge on any atom is 0.311 e. The molecule has 0 unspecified atom stereocenters. The summed E-state index contributed by atoms with van der Waals surface area (Å²) in [6.45, 7) is 0.242. The van der Waals surface area contributed by atoms with E-state index in [2.05, 4.69) is 0 Å². The molecule has 0 saturated heterocycles. The van der Waals surface area contributed by atoms with Crippen molar-refractivity contribution in [2.24, 2.45) is 0 Å². The van der Waals surface area contributed by atoms with E-state index in [1.54, 1.807) is 0 Å². The van der Waals surface area contributed by atoms with Crippen molar-refractivity contribution in [3.8, 4) is 0 Å². The van der Waals surface area contributed by atoms with Gasteiger partial charge in [-0.15, -0.1) is 7.77 Å². The smallest absolute Gasteiger partial charge is 0.280 e. The average Bonchev–Trinajstić information content (AvgIpc) is 2.28. The molecular weight excluding hydrogens is 378 g/mol. The molecule has 0 N–H and O–H groups in total. The summed E-state index contributed by atoms with van der Waals surface area (Å²) in [5.41, 5.74) is 0. The summed E-state index contributed by atoms with van der Waals surface area (Å²) >= 11 is 0. The molecule has 0 bridgehead atoms. The second-order valence-electron chi connectivity index (χ2n) is 4.50. The zero-order valence-electron chi connectivity index (χ0n) is 12.6. The van der Waals surface area contributed by atoms with Crippen LogP contribution in [0.5, 0.6) is 0 Å². The molecule has 0 aliphatic carbocycles. The standard InChI is InChI=1S/C10H14F2N2O8S2/c1-7(15)13(9(17)5-23(11,19)20)3-4-14(8(2)16)10(18)6-24(12,21)22/h3-6H2,1-2H3. The Kier molecular flexibility index (Phi) is 7.56. The van der Waals surface area contributed by atoms with E-state index in [1.807, 2.05) is 0 Å². The van der Waals surface area contributed by atoms with E-state index in [9.17, 15) is 43.8 Å². The lowest BCUT2D eigenvalue weighted by molar-refractivity contribution is -0.147. The zero-order valence-corrected chi connectivity index (χ0v) is 14.2. The molecule has 0 rings (SSSR count). The summed E-state index contributed by atoms with van der Waals surface area (Å²) in [5.74, 6) is -8.15.